The third-order valence-corrected chi connectivity index (χ3v) is 5.77. The average molecular weight is 466 g/mol. The predicted molar refractivity (Wildman–Crippen MR) is 130 cm³/mol. The lowest BCUT2D eigenvalue weighted by Crippen LogP contribution is -2.21. The number of hydrogen-bond acceptors (Lipinski definition) is 5. The molecular formula is C26H16ClN5O2. The van der Waals surface area contributed by atoms with Crippen LogP contribution in [0.25, 0.3) is 45.1 Å². The van der Waals surface area contributed by atoms with Crippen molar-refractivity contribution in [1.82, 2.24) is 24.5 Å². The van der Waals surface area contributed by atoms with Crippen molar-refractivity contribution in [1.29, 1.82) is 0 Å². The Morgan fingerprint density at radius 3 is 2.24 bits per heavy atom. The van der Waals surface area contributed by atoms with Gasteiger partial charge in [-0.25, -0.2) is 9.67 Å². The second-order valence-corrected chi connectivity index (χ2v) is 8.09. The highest BCUT2D eigenvalue weighted by atomic mass is 35.5. The molecule has 164 valence electrons. The number of benzene rings is 3. The van der Waals surface area contributed by atoms with Crippen molar-refractivity contribution >= 4 is 22.6 Å². The number of para-hydroxylation sites is 1. The minimum atomic E-state index is -0.219. The SMILES string of the molecule is O=c1c2cn(-c3ccccc3)nc2nc(-c2ccc(-c3ccno3)cc2)n1-c1ccc(Cl)cc1. The van der Waals surface area contributed by atoms with Gasteiger partial charge in [-0.2, -0.15) is 0 Å². The highest BCUT2D eigenvalue weighted by Gasteiger charge is 2.18. The molecule has 7 nitrogen and oxygen atoms in total. The molecule has 0 saturated heterocycles. The first-order valence-corrected chi connectivity index (χ1v) is 10.9. The summed E-state index contributed by atoms with van der Waals surface area (Å²) in [6, 6.07) is 26.1. The van der Waals surface area contributed by atoms with Gasteiger partial charge < -0.3 is 4.52 Å². The van der Waals surface area contributed by atoms with E-state index < -0.39 is 0 Å². The average Bonchev–Trinajstić information content (AvgIpc) is 3.56. The van der Waals surface area contributed by atoms with Gasteiger partial charge >= 0.3 is 0 Å². The van der Waals surface area contributed by atoms with Gasteiger partial charge in [-0.3, -0.25) is 9.36 Å². The van der Waals surface area contributed by atoms with Gasteiger partial charge in [-0.15, -0.1) is 5.10 Å². The third kappa shape index (κ3) is 3.48. The molecule has 8 heteroatoms. The van der Waals surface area contributed by atoms with Crippen molar-refractivity contribution in [3.8, 4) is 34.1 Å². The maximum Gasteiger partial charge on any atom is 0.269 e. The number of nitrogens with zero attached hydrogens (tertiary/aromatic N) is 5. The summed E-state index contributed by atoms with van der Waals surface area (Å²) >= 11 is 6.10. The third-order valence-electron chi connectivity index (χ3n) is 5.52. The number of hydrogen-bond donors (Lipinski definition) is 0. The fourth-order valence-electron chi connectivity index (χ4n) is 3.85. The number of rotatable bonds is 4. The summed E-state index contributed by atoms with van der Waals surface area (Å²) < 4.78 is 8.50. The van der Waals surface area contributed by atoms with Gasteiger partial charge in [0, 0.05) is 28.4 Å². The monoisotopic (exact) mass is 465 g/mol. The molecule has 0 spiro atoms. The lowest BCUT2D eigenvalue weighted by molar-refractivity contribution is 0.432. The van der Waals surface area contributed by atoms with E-state index in [1.165, 1.54) is 0 Å². The topological polar surface area (TPSA) is 78.7 Å². The van der Waals surface area contributed by atoms with E-state index in [-0.39, 0.29) is 5.56 Å². The first kappa shape index (κ1) is 20.1. The van der Waals surface area contributed by atoms with Crippen LogP contribution in [0, 0.1) is 0 Å². The van der Waals surface area contributed by atoms with Crippen molar-refractivity contribution in [2.24, 2.45) is 0 Å². The Labute approximate surface area is 198 Å². The maximum atomic E-state index is 13.7. The number of aromatic nitrogens is 5. The first-order valence-electron chi connectivity index (χ1n) is 10.5. The summed E-state index contributed by atoms with van der Waals surface area (Å²) in [4.78, 5) is 18.5. The summed E-state index contributed by atoms with van der Waals surface area (Å²) in [6.07, 6.45) is 3.31. The largest absolute Gasteiger partial charge is 0.356 e. The van der Waals surface area contributed by atoms with Crippen LogP contribution in [0.1, 0.15) is 0 Å². The number of halogens is 1. The molecule has 0 fully saturated rings. The van der Waals surface area contributed by atoms with E-state index in [1.807, 2.05) is 54.6 Å². The Bertz CT molecular complexity index is 1650. The fourth-order valence-corrected chi connectivity index (χ4v) is 3.98. The zero-order chi connectivity index (χ0) is 23.1. The summed E-state index contributed by atoms with van der Waals surface area (Å²) in [5, 5.41) is 9.35. The molecule has 6 aromatic rings. The Morgan fingerprint density at radius 1 is 0.794 bits per heavy atom. The first-order chi connectivity index (χ1) is 16.7. The Balaban J connectivity index is 1.57. The van der Waals surface area contributed by atoms with Gasteiger partial charge in [0.25, 0.3) is 5.56 Å². The van der Waals surface area contributed by atoms with Gasteiger partial charge in [0.2, 0.25) is 0 Å². The van der Waals surface area contributed by atoms with Crippen LogP contribution in [0.5, 0.6) is 0 Å². The van der Waals surface area contributed by atoms with Crippen molar-refractivity contribution in [2.45, 2.75) is 0 Å². The smallest absolute Gasteiger partial charge is 0.269 e. The van der Waals surface area contributed by atoms with Crippen LogP contribution in [0.3, 0.4) is 0 Å². The van der Waals surface area contributed by atoms with Gasteiger partial charge in [-0.1, -0.05) is 59.2 Å². The number of fused-ring (bicyclic) bond motifs is 1. The molecule has 0 amide bonds. The second-order valence-electron chi connectivity index (χ2n) is 7.65. The van der Waals surface area contributed by atoms with E-state index in [0.717, 1.165) is 16.8 Å². The van der Waals surface area contributed by atoms with Crippen molar-refractivity contribution in [3.63, 3.8) is 0 Å². The molecule has 3 heterocycles. The minimum Gasteiger partial charge on any atom is -0.356 e. The van der Waals surface area contributed by atoms with E-state index in [2.05, 4.69) is 10.3 Å². The molecule has 0 saturated carbocycles. The normalized spacial score (nSPS) is 11.2. The van der Waals surface area contributed by atoms with E-state index in [0.29, 0.717) is 33.3 Å². The van der Waals surface area contributed by atoms with Crippen LogP contribution in [-0.2, 0) is 0 Å². The Kier molecular flexibility index (Phi) is 4.82. The highest BCUT2D eigenvalue weighted by Crippen LogP contribution is 2.26. The summed E-state index contributed by atoms with van der Waals surface area (Å²) in [6.45, 7) is 0. The van der Waals surface area contributed by atoms with Gasteiger partial charge in [0.05, 0.1) is 17.6 Å². The molecule has 3 aromatic heterocycles. The molecule has 0 aliphatic rings. The minimum absolute atomic E-state index is 0.219. The van der Waals surface area contributed by atoms with Gasteiger partial charge in [0.15, 0.2) is 11.4 Å². The van der Waals surface area contributed by atoms with E-state index >= 15 is 0 Å². The molecule has 0 N–H and O–H groups in total. The van der Waals surface area contributed by atoms with Crippen LogP contribution in [0.4, 0.5) is 0 Å². The lowest BCUT2D eigenvalue weighted by Gasteiger charge is -2.12. The zero-order valence-electron chi connectivity index (χ0n) is 17.7. The van der Waals surface area contributed by atoms with Crippen LogP contribution >= 0.6 is 11.6 Å². The van der Waals surface area contributed by atoms with Crippen LogP contribution in [0.15, 0.2) is 107 Å². The Hall–Kier alpha value is -4.49. The molecule has 34 heavy (non-hydrogen) atoms. The van der Waals surface area contributed by atoms with E-state index in [1.54, 1.807) is 52.0 Å². The highest BCUT2D eigenvalue weighted by molar-refractivity contribution is 6.30. The molecular weight excluding hydrogens is 450 g/mol. The standard InChI is InChI=1S/C26H16ClN5O2/c27-19-10-12-21(13-11-19)32-25(18-8-6-17(7-9-18)23-14-15-28-34-23)29-24-22(26(32)33)16-31(30-24)20-4-2-1-3-5-20/h1-16H. The quantitative estimate of drug-likeness (QED) is 0.341. The lowest BCUT2D eigenvalue weighted by atomic mass is 10.1. The van der Waals surface area contributed by atoms with Gasteiger partial charge in [0.1, 0.15) is 11.2 Å². The van der Waals surface area contributed by atoms with Crippen molar-refractivity contribution in [2.75, 3.05) is 0 Å². The molecule has 0 aliphatic heterocycles. The molecule has 0 unspecified atom stereocenters. The van der Waals surface area contributed by atoms with Gasteiger partial charge in [-0.05, 0) is 36.4 Å². The van der Waals surface area contributed by atoms with Crippen LogP contribution in [0.2, 0.25) is 5.02 Å². The molecule has 6 rings (SSSR count). The van der Waals surface area contributed by atoms with E-state index in [9.17, 15) is 4.79 Å². The predicted octanol–water partition coefficient (Wildman–Crippen LogP) is 5.55. The van der Waals surface area contributed by atoms with Crippen molar-refractivity contribution < 1.29 is 4.52 Å². The fraction of sp³-hybridized carbons (Fsp3) is 0. The maximum absolute atomic E-state index is 13.7. The molecule has 0 bridgehead atoms. The molecule has 0 aliphatic carbocycles. The zero-order valence-corrected chi connectivity index (χ0v) is 18.4. The van der Waals surface area contributed by atoms with E-state index in [4.69, 9.17) is 21.1 Å². The van der Waals surface area contributed by atoms with Crippen LogP contribution < -0.4 is 5.56 Å². The summed E-state index contributed by atoms with van der Waals surface area (Å²) in [5.41, 5.74) is 3.28. The summed E-state index contributed by atoms with van der Waals surface area (Å²) in [5.74, 6) is 1.13. The molecule has 0 radical (unpaired) electrons. The molecule has 3 aromatic carbocycles. The second kappa shape index (κ2) is 8.13. The molecule has 0 atom stereocenters. The van der Waals surface area contributed by atoms with Crippen molar-refractivity contribution in [3.05, 3.63) is 113 Å². The Morgan fingerprint density at radius 2 is 1.53 bits per heavy atom. The summed E-state index contributed by atoms with van der Waals surface area (Å²) in [7, 11) is 0. The van der Waals surface area contributed by atoms with Crippen LogP contribution in [-0.4, -0.2) is 24.5 Å².